The predicted octanol–water partition coefficient (Wildman–Crippen LogP) is 3.27. The van der Waals surface area contributed by atoms with Crippen molar-refractivity contribution in [3.05, 3.63) is 41.9 Å². The van der Waals surface area contributed by atoms with E-state index in [0.29, 0.717) is 12.4 Å². The quantitative estimate of drug-likeness (QED) is 0.847. The van der Waals surface area contributed by atoms with Crippen molar-refractivity contribution >= 4 is 23.6 Å². The SMILES string of the molecule is CSCCCc1cncc(-c2cnc3c(c2)CCCN3C(N)=O)c1. The molecule has 0 aromatic carbocycles. The Morgan fingerprint density at radius 1 is 1.29 bits per heavy atom. The van der Waals surface area contributed by atoms with Gasteiger partial charge < -0.3 is 5.73 Å². The normalized spacial score (nSPS) is 13.6. The van der Waals surface area contributed by atoms with Crippen LogP contribution in [0, 0.1) is 0 Å². The monoisotopic (exact) mass is 342 g/mol. The third kappa shape index (κ3) is 3.70. The number of nitrogens with zero attached hydrogens (tertiary/aromatic N) is 3. The zero-order valence-electron chi connectivity index (χ0n) is 13.9. The van der Waals surface area contributed by atoms with E-state index in [4.69, 9.17) is 5.73 Å². The molecule has 1 aliphatic rings. The second-order valence-corrected chi connectivity index (χ2v) is 6.96. The number of fused-ring (bicyclic) bond motifs is 1. The lowest BCUT2D eigenvalue weighted by atomic mass is 10.00. The van der Waals surface area contributed by atoms with Gasteiger partial charge >= 0.3 is 6.03 Å². The van der Waals surface area contributed by atoms with Crippen molar-refractivity contribution in [2.45, 2.75) is 25.7 Å². The first-order chi connectivity index (χ1) is 11.7. The molecular weight excluding hydrogens is 320 g/mol. The fraction of sp³-hybridized carbons (Fsp3) is 0.389. The van der Waals surface area contributed by atoms with Crippen LogP contribution >= 0.6 is 11.8 Å². The fourth-order valence-electron chi connectivity index (χ4n) is 3.04. The molecule has 6 heteroatoms. The topological polar surface area (TPSA) is 72.1 Å². The van der Waals surface area contributed by atoms with Crippen LogP contribution in [0.5, 0.6) is 0 Å². The van der Waals surface area contributed by atoms with Crippen LogP contribution in [0.4, 0.5) is 10.6 Å². The van der Waals surface area contributed by atoms with E-state index in [-0.39, 0.29) is 0 Å². The molecule has 0 spiro atoms. The molecule has 0 aliphatic carbocycles. The number of aryl methyl sites for hydroxylation is 2. The van der Waals surface area contributed by atoms with Crippen molar-refractivity contribution in [2.75, 3.05) is 23.5 Å². The first-order valence-electron chi connectivity index (χ1n) is 8.18. The second-order valence-electron chi connectivity index (χ2n) is 5.98. The number of aromatic nitrogens is 2. The first-order valence-corrected chi connectivity index (χ1v) is 9.57. The highest BCUT2D eigenvalue weighted by Crippen LogP contribution is 2.29. The van der Waals surface area contributed by atoms with Crippen molar-refractivity contribution in [1.82, 2.24) is 9.97 Å². The number of anilines is 1. The Morgan fingerprint density at radius 2 is 2.12 bits per heavy atom. The molecule has 0 atom stereocenters. The lowest BCUT2D eigenvalue weighted by Crippen LogP contribution is -2.40. The van der Waals surface area contributed by atoms with Gasteiger partial charge in [-0.3, -0.25) is 9.88 Å². The maximum atomic E-state index is 11.5. The number of urea groups is 1. The van der Waals surface area contributed by atoms with Crippen LogP contribution in [-0.4, -0.2) is 34.6 Å². The Kier molecular flexibility index (Phi) is 5.35. The van der Waals surface area contributed by atoms with Crippen LogP contribution in [0.3, 0.4) is 0 Å². The van der Waals surface area contributed by atoms with Gasteiger partial charge in [0.2, 0.25) is 0 Å². The standard InChI is InChI=1S/C18H22N4OS/c1-24-7-3-4-13-8-15(11-20-10-13)16-9-14-5-2-6-22(18(19)23)17(14)21-12-16/h8-12H,2-7H2,1H3,(H2,19,23). The molecule has 3 rings (SSSR count). The number of rotatable bonds is 5. The van der Waals surface area contributed by atoms with Gasteiger partial charge in [0, 0.05) is 36.3 Å². The van der Waals surface area contributed by atoms with Crippen LogP contribution in [0.2, 0.25) is 0 Å². The van der Waals surface area contributed by atoms with Gasteiger partial charge in [-0.15, -0.1) is 0 Å². The Bertz CT molecular complexity index is 735. The van der Waals surface area contributed by atoms with E-state index in [1.54, 1.807) is 4.90 Å². The Morgan fingerprint density at radius 3 is 2.92 bits per heavy atom. The van der Waals surface area contributed by atoms with Gasteiger partial charge in [-0.05, 0) is 61.0 Å². The summed E-state index contributed by atoms with van der Waals surface area (Å²) in [5.74, 6) is 1.86. The van der Waals surface area contributed by atoms with Crippen molar-refractivity contribution < 1.29 is 4.79 Å². The number of carbonyl (C=O) groups excluding carboxylic acids is 1. The highest BCUT2D eigenvalue weighted by atomic mass is 32.2. The number of thioether (sulfide) groups is 1. The van der Waals surface area contributed by atoms with Crippen LogP contribution in [0.25, 0.3) is 11.1 Å². The van der Waals surface area contributed by atoms with E-state index in [9.17, 15) is 4.79 Å². The molecule has 24 heavy (non-hydrogen) atoms. The zero-order valence-corrected chi connectivity index (χ0v) is 14.7. The number of hydrogen-bond acceptors (Lipinski definition) is 4. The lowest BCUT2D eigenvalue weighted by Gasteiger charge is -2.26. The van der Waals surface area contributed by atoms with Crippen molar-refractivity contribution in [3.63, 3.8) is 0 Å². The van der Waals surface area contributed by atoms with E-state index >= 15 is 0 Å². The highest BCUT2D eigenvalue weighted by Gasteiger charge is 2.22. The molecule has 2 aromatic rings. The van der Waals surface area contributed by atoms with Crippen LogP contribution < -0.4 is 10.6 Å². The van der Waals surface area contributed by atoms with Crippen molar-refractivity contribution in [1.29, 1.82) is 0 Å². The number of carbonyl (C=O) groups is 1. The minimum Gasteiger partial charge on any atom is -0.351 e. The lowest BCUT2D eigenvalue weighted by molar-refractivity contribution is 0.253. The summed E-state index contributed by atoms with van der Waals surface area (Å²) >= 11 is 1.87. The van der Waals surface area contributed by atoms with Gasteiger partial charge in [0.05, 0.1) is 0 Å². The van der Waals surface area contributed by atoms with E-state index < -0.39 is 6.03 Å². The average molecular weight is 342 g/mol. The number of amides is 2. The molecule has 3 heterocycles. The van der Waals surface area contributed by atoms with Gasteiger partial charge in [-0.25, -0.2) is 9.78 Å². The van der Waals surface area contributed by atoms with Crippen molar-refractivity contribution in [2.24, 2.45) is 5.73 Å². The van der Waals surface area contributed by atoms with Gasteiger partial charge in [0.15, 0.2) is 0 Å². The highest BCUT2D eigenvalue weighted by molar-refractivity contribution is 7.98. The van der Waals surface area contributed by atoms with Gasteiger partial charge in [0.25, 0.3) is 0 Å². The Balaban J connectivity index is 1.85. The third-order valence-corrected chi connectivity index (χ3v) is 4.93. The maximum absolute atomic E-state index is 11.5. The zero-order chi connectivity index (χ0) is 16.9. The molecule has 5 nitrogen and oxygen atoms in total. The van der Waals surface area contributed by atoms with Crippen LogP contribution in [0.15, 0.2) is 30.7 Å². The fourth-order valence-corrected chi connectivity index (χ4v) is 3.47. The molecule has 0 radical (unpaired) electrons. The Labute approximate surface area is 146 Å². The Hall–Kier alpha value is -2.08. The van der Waals surface area contributed by atoms with Gasteiger partial charge in [-0.1, -0.05) is 0 Å². The summed E-state index contributed by atoms with van der Waals surface area (Å²) in [4.78, 5) is 22.0. The van der Waals surface area contributed by atoms with E-state index in [1.807, 2.05) is 30.4 Å². The van der Waals surface area contributed by atoms with Crippen LogP contribution in [-0.2, 0) is 12.8 Å². The summed E-state index contributed by atoms with van der Waals surface area (Å²) in [7, 11) is 0. The van der Waals surface area contributed by atoms with Gasteiger partial charge in [-0.2, -0.15) is 11.8 Å². The molecule has 1 aliphatic heterocycles. The molecule has 126 valence electrons. The summed E-state index contributed by atoms with van der Waals surface area (Å²) in [5, 5.41) is 0. The van der Waals surface area contributed by atoms with E-state index in [1.165, 1.54) is 5.56 Å². The summed E-state index contributed by atoms with van der Waals surface area (Å²) in [6.07, 6.45) is 11.8. The smallest absolute Gasteiger partial charge is 0.320 e. The first kappa shape index (κ1) is 16.8. The third-order valence-electron chi connectivity index (χ3n) is 4.23. The molecule has 2 aromatic heterocycles. The van der Waals surface area contributed by atoms with E-state index in [2.05, 4.69) is 28.4 Å². The summed E-state index contributed by atoms with van der Waals surface area (Å²) in [6, 6.07) is 3.86. The molecule has 0 unspecified atom stereocenters. The summed E-state index contributed by atoms with van der Waals surface area (Å²) in [6.45, 7) is 0.640. The predicted molar refractivity (Wildman–Crippen MR) is 99.4 cm³/mol. The molecule has 0 bridgehead atoms. The molecule has 2 N–H and O–H groups in total. The average Bonchev–Trinajstić information content (AvgIpc) is 2.61. The summed E-state index contributed by atoms with van der Waals surface area (Å²) < 4.78 is 0. The van der Waals surface area contributed by atoms with E-state index in [0.717, 1.165) is 48.1 Å². The molecule has 0 saturated heterocycles. The minimum absolute atomic E-state index is 0.436. The molecule has 0 saturated carbocycles. The van der Waals surface area contributed by atoms with Crippen molar-refractivity contribution in [3.8, 4) is 11.1 Å². The largest absolute Gasteiger partial charge is 0.351 e. The number of primary amides is 1. The minimum atomic E-state index is -0.436. The van der Waals surface area contributed by atoms with Gasteiger partial charge in [0.1, 0.15) is 5.82 Å². The second kappa shape index (κ2) is 7.66. The molecular formula is C18H22N4OS. The number of hydrogen-bond donors (Lipinski definition) is 1. The number of nitrogens with two attached hydrogens (primary N) is 1. The maximum Gasteiger partial charge on any atom is 0.320 e. The van der Waals surface area contributed by atoms with Crippen LogP contribution in [0.1, 0.15) is 24.0 Å². The molecule has 0 fully saturated rings. The number of pyridine rings is 2. The summed E-state index contributed by atoms with van der Waals surface area (Å²) in [5.41, 5.74) is 9.88. The molecule has 2 amide bonds.